The molecular weight excluding hydrogens is 712 g/mol. The molecule has 0 bridgehead atoms. The molecule has 4 nitrogen and oxygen atoms in total. The molecule has 270 valence electrons. The van der Waals surface area contributed by atoms with E-state index >= 15 is 0 Å². The van der Waals surface area contributed by atoms with Gasteiger partial charge in [0.1, 0.15) is 10.8 Å². The van der Waals surface area contributed by atoms with Crippen LogP contribution >= 0.6 is 0 Å². The predicted octanol–water partition coefficient (Wildman–Crippen LogP) is 10.8. The van der Waals surface area contributed by atoms with Crippen LogP contribution in [0.3, 0.4) is 0 Å². The summed E-state index contributed by atoms with van der Waals surface area (Å²) in [4.78, 5) is 24.8. The van der Waals surface area contributed by atoms with Gasteiger partial charge in [0.25, 0.3) is 0 Å². The van der Waals surface area contributed by atoms with E-state index in [0.717, 1.165) is 46.2 Å². The minimum absolute atomic E-state index is 0. The molecule has 5 heteroatoms. The van der Waals surface area contributed by atoms with Gasteiger partial charge in [-0.1, -0.05) is 182 Å². The Hall–Kier alpha value is -6.07. The van der Waals surface area contributed by atoms with Gasteiger partial charge in [0.05, 0.1) is 0 Å². The maximum absolute atomic E-state index is 12.4. The van der Waals surface area contributed by atoms with Crippen molar-refractivity contribution in [3.05, 3.63) is 264 Å². The monoisotopic (exact) mass is 754 g/mol. The number of benzene rings is 6. The van der Waals surface area contributed by atoms with E-state index in [-0.39, 0.29) is 21.7 Å². The van der Waals surface area contributed by atoms with E-state index in [1.807, 2.05) is 206 Å². The van der Waals surface area contributed by atoms with Crippen LogP contribution in [-0.4, -0.2) is 22.2 Å². The van der Waals surface area contributed by atoms with Crippen molar-refractivity contribution in [3.63, 3.8) is 0 Å². The van der Waals surface area contributed by atoms with Crippen LogP contribution in [0.2, 0.25) is 0 Å². The molecule has 0 aromatic heterocycles. The number of allylic oxidation sites excluding steroid dienone is 8. The van der Waals surface area contributed by atoms with Crippen molar-refractivity contribution in [3.8, 4) is 0 Å². The Balaban J connectivity index is 0.000000192. The average molecular weight is 755 g/mol. The molecule has 6 aromatic carbocycles. The first-order valence-electron chi connectivity index (χ1n) is 17.8. The van der Waals surface area contributed by atoms with Gasteiger partial charge in [-0.3, -0.25) is 21.7 Å². The summed E-state index contributed by atoms with van der Waals surface area (Å²) in [5.74, 6) is -1.76. The fourth-order valence-corrected chi connectivity index (χ4v) is 6.55. The molecule has 2 aliphatic rings. The Bertz CT molecular complexity index is 1770. The summed E-state index contributed by atoms with van der Waals surface area (Å²) >= 11 is 0. The molecule has 6 aromatic rings. The third-order valence-electron chi connectivity index (χ3n) is 9.05. The van der Waals surface area contributed by atoms with Crippen molar-refractivity contribution < 1.29 is 41.5 Å². The zero-order chi connectivity index (χ0) is 37.9. The smallest absolute Gasteiger partial charge is 0.480 e. The van der Waals surface area contributed by atoms with Gasteiger partial charge in [-0.2, -0.15) is 12.2 Å². The van der Waals surface area contributed by atoms with Crippen LogP contribution in [-0.2, 0) is 42.1 Å². The van der Waals surface area contributed by atoms with E-state index in [4.69, 9.17) is 0 Å². The van der Waals surface area contributed by atoms with E-state index in [9.17, 15) is 19.8 Å². The zero-order valence-corrected chi connectivity index (χ0v) is 32.0. The molecule has 0 atom stereocenters. The second-order valence-corrected chi connectivity index (χ2v) is 12.3. The quantitative estimate of drug-likeness (QED) is 0.0922. The van der Waals surface area contributed by atoms with Gasteiger partial charge >= 0.3 is 33.7 Å². The third kappa shape index (κ3) is 10.1. The van der Waals surface area contributed by atoms with Gasteiger partial charge in [-0.15, -0.1) is 12.8 Å². The van der Waals surface area contributed by atoms with Crippen LogP contribution in [0.15, 0.2) is 218 Å². The van der Waals surface area contributed by atoms with Gasteiger partial charge < -0.3 is 10.2 Å². The zero-order valence-electron chi connectivity index (χ0n) is 30.4. The molecule has 2 N–H and O–H groups in total. The standard InChI is InChI=1S/2C20H16O2.2C5H5.Ti/c2*21-19(22)20(16-10-4-1-5-11-16,17-12-6-2-7-13-17)18-14-8-3-9-15-18;2*1-2-4-5-3-1;/h2*1-15H,(H,21,22);2*1-3H,4H2;/q;;2*-1;+2. The van der Waals surface area contributed by atoms with E-state index in [2.05, 4.69) is 24.3 Å². The average Bonchev–Trinajstić information content (AvgIpc) is 4.03. The van der Waals surface area contributed by atoms with Crippen LogP contribution in [0.4, 0.5) is 0 Å². The van der Waals surface area contributed by atoms with E-state index in [1.165, 1.54) is 0 Å². The molecular formula is C50H42O4Ti. The molecule has 0 spiro atoms. The molecule has 0 saturated carbocycles. The van der Waals surface area contributed by atoms with Gasteiger partial charge in [-0.05, 0) is 33.4 Å². The maximum atomic E-state index is 12.4. The Kier molecular flexibility index (Phi) is 16.4. The summed E-state index contributed by atoms with van der Waals surface area (Å²) in [6, 6.07) is 56.3. The van der Waals surface area contributed by atoms with E-state index < -0.39 is 22.8 Å². The van der Waals surface area contributed by atoms with E-state index in [1.54, 1.807) is 0 Å². The molecule has 0 fully saturated rings. The largest absolute Gasteiger partial charge is 2.00 e. The number of hydrogen-bond donors (Lipinski definition) is 2. The molecule has 0 radical (unpaired) electrons. The van der Waals surface area contributed by atoms with Crippen molar-refractivity contribution >= 4 is 11.9 Å². The number of rotatable bonds is 8. The molecule has 0 aliphatic heterocycles. The van der Waals surface area contributed by atoms with Crippen molar-refractivity contribution in [1.82, 2.24) is 0 Å². The first-order chi connectivity index (χ1) is 26.5. The summed E-state index contributed by atoms with van der Waals surface area (Å²) in [5.41, 5.74) is 2.09. The molecule has 0 unspecified atom stereocenters. The Labute approximate surface area is 339 Å². The maximum Gasteiger partial charge on any atom is 2.00 e. The predicted molar refractivity (Wildman–Crippen MR) is 217 cm³/mol. The molecule has 0 amide bonds. The second-order valence-electron chi connectivity index (χ2n) is 12.3. The van der Waals surface area contributed by atoms with Gasteiger partial charge in [-0.25, -0.2) is 24.3 Å². The summed E-state index contributed by atoms with van der Waals surface area (Å²) in [6.45, 7) is 0. The van der Waals surface area contributed by atoms with Gasteiger partial charge in [0.15, 0.2) is 0 Å². The third-order valence-corrected chi connectivity index (χ3v) is 9.05. The van der Waals surface area contributed by atoms with Crippen molar-refractivity contribution in [2.24, 2.45) is 0 Å². The topological polar surface area (TPSA) is 74.6 Å². The van der Waals surface area contributed by atoms with Crippen LogP contribution < -0.4 is 0 Å². The van der Waals surface area contributed by atoms with E-state index in [0.29, 0.717) is 0 Å². The fraction of sp³-hybridized carbons (Fsp3) is 0.0800. The van der Waals surface area contributed by atoms with Crippen LogP contribution in [0.5, 0.6) is 0 Å². The normalized spacial score (nSPS) is 12.1. The Morgan fingerprint density at radius 1 is 0.382 bits per heavy atom. The minimum Gasteiger partial charge on any atom is -0.480 e. The number of carboxylic acid groups (broad SMARTS) is 2. The number of aliphatic carboxylic acids is 2. The molecule has 8 rings (SSSR count). The van der Waals surface area contributed by atoms with Crippen LogP contribution in [0.25, 0.3) is 0 Å². The van der Waals surface area contributed by atoms with Crippen molar-refractivity contribution in [2.75, 3.05) is 0 Å². The first kappa shape index (κ1) is 41.7. The van der Waals surface area contributed by atoms with Gasteiger partial charge in [0.2, 0.25) is 0 Å². The Morgan fingerprint density at radius 2 is 0.582 bits per heavy atom. The number of hydrogen-bond acceptors (Lipinski definition) is 2. The van der Waals surface area contributed by atoms with Gasteiger partial charge in [0, 0.05) is 0 Å². The Morgan fingerprint density at radius 3 is 0.691 bits per heavy atom. The molecule has 0 saturated heterocycles. The van der Waals surface area contributed by atoms with Crippen LogP contribution in [0, 0.1) is 12.2 Å². The number of carbonyl (C=O) groups is 2. The first-order valence-corrected chi connectivity index (χ1v) is 17.8. The summed E-state index contributed by atoms with van der Waals surface area (Å²) in [6.07, 6.45) is 20.0. The molecule has 0 heterocycles. The molecule has 2 aliphatic carbocycles. The SMILES string of the molecule is O=C(O)C(c1ccccc1)(c1ccccc1)c1ccccc1.O=C(O)C(c1ccccc1)(c1ccccc1)c1ccccc1.[C-]1=CC=CC1.[C-]1=CC=CC1.[Ti+2]. The van der Waals surface area contributed by atoms with Crippen molar-refractivity contribution in [1.29, 1.82) is 0 Å². The van der Waals surface area contributed by atoms with Crippen LogP contribution in [0.1, 0.15) is 46.2 Å². The summed E-state index contributed by atoms with van der Waals surface area (Å²) < 4.78 is 0. The molecule has 55 heavy (non-hydrogen) atoms. The second kappa shape index (κ2) is 21.6. The van der Waals surface area contributed by atoms with Crippen molar-refractivity contribution in [2.45, 2.75) is 23.7 Å². The minimum atomic E-state index is -1.20. The summed E-state index contributed by atoms with van der Waals surface area (Å²) in [5, 5.41) is 20.4. The summed E-state index contributed by atoms with van der Waals surface area (Å²) in [7, 11) is 0. The number of carboxylic acids is 2. The fourth-order valence-electron chi connectivity index (χ4n) is 6.55.